The number of carbonyl (C=O) groups excluding carboxylic acids is 1. The van der Waals surface area contributed by atoms with Crippen molar-refractivity contribution in [2.75, 3.05) is 27.4 Å². The Kier molecular flexibility index (Phi) is 5.80. The fourth-order valence-electron chi connectivity index (χ4n) is 0.277. The average molecular weight is 149 g/mol. The van der Waals surface area contributed by atoms with Crippen molar-refractivity contribution in [1.82, 2.24) is 5.48 Å². The molecule has 0 aliphatic carbocycles. The van der Waals surface area contributed by atoms with Crippen LogP contribution in [0.1, 0.15) is 0 Å². The van der Waals surface area contributed by atoms with Crippen molar-refractivity contribution in [3.63, 3.8) is 0 Å². The van der Waals surface area contributed by atoms with Gasteiger partial charge in [-0.25, -0.2) is 4.79 Å². The molecule has 0 aromatic rings. The molecule has 1 N–H and O–H groups in total. The molecule has 0 heterocycles. The van der Waals surface area contributed by atoms with Crippen molar-refractivity contribution >= 4 is 6.09 Å². The third-order valence-corrected chi connectivity index (χ3v) is 0.730. The summed E-state index contributed by atoms with van der Waals surface area (Å²) in [4.78, 5) is 14.9. The number of methoxy groups -OCH3 is 2. The lowest BCUT2D eigenvalue weighted by atomic mass is 10.8. The summed E-state index contributed by atoms with van der Waals surface area (Å²) in [5.41, 5.74) is 2.03. The van der Waals surface area contributed by atoms with E-state index in [2.05, 4.69) is 14.3 Å². The Hall–Kier alpha value is -0.810. The first-order valence-electron chi connectivity index (χ1n) is 2.76. The summed E-state index contributed by atoms with van der Waals surface area (Å²) >= 11 is 0. The molecular weight excluding hydrogens is 138 g/mol. The number of amides is 1. The summed E-state index contributed by atoms with van der Waals surface area (Å²) in [6, 6.07) is 0. The molecule has 0 saturated heterocycles. The van der Waals surface area contributed by atoms with Crippen LogP contribution in [0.5, 0.6) is 0 Å². The molecule has 0 bridgehead atoms. The van der Waals surface area contributed by atoms with E-state index in [1.165, 1.54) is 7.11 Å². The van der Waals surface area contributed by atoms with E-state index in [0.29, 0.717) is 13.2 Å². The zero-order chi connectivity index (χ0) is 7.82. The van der Waals surface area contributed by atoms with Gasteiger partial charge in [0.2, 0.25) is 0 Å². The predicted molar refractivity (Wildman–Crippen MR) is 33.4 cm³/mol. The van der Waals surface area contributed by atoms with Gasteiger partial charge < -0.3 is 9.47 Å². The van der Waals surface area contributed by atoms with Gasteiger partial charge in [-0.1, -0.05) is 0 Å². The van der Waals surface area contributed by atoms with Gasteiger partial charge in [0.25, 0.3) is 0 Å². The molecule has 0 unspecified atom stereocenters. The minimum Gasteiger partial charge on any atom is -0.451 e. The highest BCUT2D eigenvalue weighted by atomic mass is 16.7. The second kappa shape index (κ2) is 6.31. The molecule has 0 aliphatic rings. The molecule has 0 aromatic carbocycles. The normalized spacial score (nSPS) is 9.00. The van der Waals surface area contributed by atoms with Gasteiger partial charge in [0.15, 0.2) is 0 Å². The highest BCUT2D eigenvalue weighted by Gasteiger charge is 1.94. The van der Waals surface area contributed by atoms with Crippen molar-refractivity contribution in [2.45, 2.75) is 0 Å². The lowest BCUT2D eigenvalue weighted by Crippen LogP contribution is -2.24. The molecule has 0 spiro atoms. The average Bonchev–Trinajstić information content (AvgIpc) is 1.98. The van der Waals surface area contributed by atoms with E-state index in [1.54, 1.807) is 7.11 Å². The van der Waals surface area contributed by atoms with Crippen molar-refractivity contribution in [2.24, 2.45) is 0 Å². The van der Waals surface area contributed by atoms with Crippen LogP contribution in [0.3, 0.4) is 0 Å². The Morgan fingerprint density at radius 3 is 2.60 bits per heavy atom. The summed E-state index contributed by atoms with van der Waals surface area (Å²) in [5.74, 6) is 0. The van der Waals surface area contributed by atoms with E-state index in [0.717, 1.165) is 0 Å². The van der Waals surface area contributed by atoms with Gasteiger partial charge in [0.05, 0.1) is 20.3 Å². The second-order valence-electron chi connectivity index (χ2n) is 1.43. The first-order chi connectivity index (χ1) is 4.81. The van der Waals surface area contributed by atoms with Crippen molar-refractivity contribution < 1.29 is 19.1 Å². The molecule has 60 valence electrons. The number of carbonyl (C=O) groups is 1. The molecule has 5 nitrogen and oxygen atoms in total. The van der Waals surface area contributed by atoms with Gasteiger partial charge in [0.1, 0.15) is 0 Å². The number of hydrogen-bond acceptors (Lipinski definition) is 4. The summed E-state index contributed by atoms with van der Waals surface area (Å²) < 4.78 is 8.85. The van der Waals surface area contributed by atoms with Crippen LogP contribution >= 0.6 is 0 Å². The van der Waals surface area contributed by atoms with Crippen LogP contribution in [-0.4, -0.2) is 33.5 Å². The Morgan fingerprint density at radius 1 is 1.40 bits per heavy atom. The van der Waals surface area contributed by atoms with E-state index in [1.807, 2.05) is 5.48 Å². The summed E-state index contributed by atoms with van der Waals surface area (Å²) in [6.07, 6.45) is -0.615. The maximum absolute atomic E-state index is 10.3. The van der Waals surface area contributed by atoms with E-state index in [4.69, 9.17) is 0 Å². The Morgan fingerprint density at radius 2 is 2.10 bits per heavy atom. The van der Waals surface area contributed by atoms with Crippen LogP contribution in [0, 0.1) is 0 Å². The summed E-state index contributed by atoms with van der Waals surface area (Å²) in [5, 5.41) is 0. The van der Waals surface area contributed by atoms with E-state index in [9.17, 15) is 4.79 Å². The van der Waals surface area contributed by atoms with Crippen molar-refractivity contribution in [3.8, 4) is 0 Å². The van der Waals surface area contributed by atoms with Gasteiger partial charge >= 0.3 is 6.09 Å². The number of nitrogens with one attached hydrogen (secondary N) is 1. The van der Waals surface area contributed by atoms with Crippen molar-refractivity contribution in [3.05, 3.63) is 0 Å². The molecule has 0 radical (unpaired) electrons. The molecule has 0 aliphatic heterocycles. The van der Waals surface area contributed by atoms with Crippen LogP contribution in [0.15, 0.2) is 0 Å². The van der Waals surface area contributed by atoms with Crippen LogP contribution < -0.4 is 5.48 Å². The topological polar surface area (TPSA) is 56.8 Å². The van der Waals surface area contributed by atoms with Crippen LogP contribution in [0.4, 0.5) is 4.79 Å². The monoisotopic (exact) mass is 149 g/mol. The number of hydrogen-bond donors (Lipinski definition) is 1. The lowest BCUT2D eigenvalue weighted by molar-refractivity contribution is 0.00785. The van der Waals surface area contributed by atoms with Crippen LogP contribution in [-0.2, 0) is 14.3 Å². The van der Waals surface area contributed by atoms with E-state index < -0.39 is 6.09 Å². The summed E-state index contributed by atoms with van der Waals surface area (Å²) in [6.45, 7) is 0.746. The predicted octanol–water partition coefficient (Wildman–Crippen LogP) is -0.0796. The molecule has 1 amide bonds. The highest BCUT2D eigenvalue weighted by molar-refractivity contribution is 5.65. The minimum absolute atomic E-state index is 0.311. The quantitative estimate of drug-likeness (QED) is 0.448. The van der Waals surface area contributed by atoms with Crippen LogP contribution in [0.25, 0.3) is 0 Å². The van der Waals surface area contributed by atoms with Gasteiger partial charge in [-0.3, -0.25) is 4.84 Å². The largest absolute Gasteiger partial charge is 0.451 e. The smallest absolute Gasteiger partial charge is 0.431 e. The zero-order valence-corrected chi connectivity index (χ0v) is 6.05. The number of ether oxygens (including phenoxy) is 2. The molecule has 5 heteroatoms. The molecule has 0 fully saturated rings. The molecule has 10 heavy (non-hydrogen) atoms. The zero-order valence-electron chi connectivity index (χ0n) is 6.05. The molecule has 0 atom stereocenters. The van der Waals surface area contributed by atoms with Gasteiger partial charge in [0, 0.05) is 7.11 Å². The highest BCUT2D eigenvalue weighted by Crippen LogP contribution is 1.73. The molecule has 0 aromatic heterocycles. The maximum atomic E-state index is 10.3. The molecule has 0 rings (SSSR count). The van der Waals surface area contributed by atoms with Crippen LogP contribution in [0.2, 0.25) is 0 Å². The van der Waals surface area contributed by atoms with Gasteiger partial charge in [-0.2, -0.15) is 5.48 Å². The molecule has 0 saturated carbocycles. The second-order valence-corrected chi connectivity index (χ2v) is 1.43. The maximum Gasteiger partial charge on any atom is 0.431 e. The molecular formula is C5H11NO4. The first kappa shape index (κ1) is 9.19. The third kappa shape index (κ3) is 5.33. The Balaban J connectivity index is 2.96. The Bertz CT molecular complexity index is 95.6. The first-order valence-corrected chi connectivity index (χ1v) is 2.76. The SMILES string of the molecule is COCCONC(=O)OC. The minimum atomic E-state index is -0.615. The lowest BCUT2D eigenvalue weighted by Gasteiger charge is -2.02. The summed E-state index contributed by atoms with van der Waals surface area (Å²) in [7, 11) is 2.80. The number of rotatable bonds is 4. The third-order valence-electron chi connectivity index (χ3n) is 0.730. The fraction of sp³-hybridized carbons (Fsp3) is 0.800. The van der Waals surface area contributed by atoms with E-state index in [-0.39, 0.29) is 0 Å². The Labute approximate surface area is 59.2 Å². The standard InChI is InChI=1S/C5H11NO4/c1-8-3-4-10-6-5(7)9-2/h3-4H2,1-2H3,(H,6,7). The van der Waals surface area contributed by atoms with Crippen molar-refractivity contribution in [1.29, 1.82) is 0 Å². The van der Waals surface area contributed by atoms with Gasteiger partial charge in [-0.05, 0) is 0 Å². The fourth-order valence-corrected chi connectivity index (χ4v) is 0.277. The number of hydroxylamine groups is 1. The van der Waals surface area contributed by atoms with Gasteiger partial charge in [-0.15, -0.1) is 0 Å². The van der Waals surface area contributed by atoms with E-state index >= 15 is 0 Å².